The number of aromatic nitrogens is 1. The number of aryl methyl sites for hydroxylation is 2. The lowest BCUT2D eigenvalue weighted by Crippen LogP contribution is -2.32. The van der Waals surface area contributed by atoms with Crippen LogP contribution in [0.2, 0.25) is 0 Å². The Morgan fingerprint density at radius 2 is 2.03 bits per heavy atom. The van der Waals surface area contributed by atoms with Crippen molar-refractivity contribution in [2.24, 2.45) is 5.92 Å². The largest absolute Gasteiger partial charge is 0.349 e. The average molecular weight is 434 g/mol. The van der Waals surface area contributed by atoms with Crippen LogP contribution in [-0.4, -0.2) is 25.9 Å². The fraction of sp³-hybridized carbons (Fsp3) is 0.524. The Labute approximate surface area is 176 Å². The van der Waals surface area contributed by atoms with Crippen molar-refractivity contribution in [1.82, 2.24) is 15.0 Å². The van der Waals surface area contributed by atoms with Gasteiger partial charge in [-0.3, -0.25) is 4.79 Å². The quantitative estimate of drug-likeness (QED) is 0.701. The second-order valence-electron chi connectivity index (χ2n) is 7.95. The van der Waals surface area contributed by atoms with Gasteiger partial charge in [0.2, 0.25) is 15.9 Å². The Kier molecular flexibility index (Phi) is 6.03. The molecule has 29 heavy (non-hydrogen) atoms. The smallest absolute Gasteiger partial charge is 0.240 e. The predicted molar refractivity (Wildman–Crippen MR) is 113 cm³/mol. The number of carbonyl (C=O) groups is 1. The van der Waals surface area contributed by atoms with E-state index in [2.05, 4.69) is 15.0 Å². The first kappa shape index (κ1) is 20.5. The van der Waals surface area contributed by atoms with Crippen LogP contribution in [0.15, 0.2) is 29.3 Å². The zero-order chi connectivity index (χ0) is 20.4. The summed E-state index contributed by atoms with van der Waals surface area (Å²) >= 11 is 1.58. The lowest BCUT2D eigenvalue weighted by Gasteiger charge is -2.18. The van der Waals surface area contributed by atoms with Crippen LogP contribution >= 0.6 is 11.3 Å². The molecule has 156 valence electrons. The summed E-state index contributed by atoms with van der Waals surface area (Å²) in [4.78, 5) is 18.2. The van der Waals surface area contributed by atoms with E-state index in [1.807, 2.05) is 13.0 Å². The SMILES string of the molecule is Cc1cnc(CCNS(=O)(=O)c2ccc3c(c2)[C@@H](NC(=O)C2CCCC2)CC3)s1. The van der Waals surface area contributed by atoms with Crippen molar-refractivity contribution >= 4 is 27.3 Å². The number of nitrogens with zero attached hydrogens (tertiary/aromatic N) is 1. The molecular formula is C21H27N3O3S2. The van der Waals surface area contributed by atoms with Gasteiger partial charge in [-0.05, 0) is 55.9 Å². The molecule has 6 nitrogen and oxygen atoms in total. The monoisotopic (exact) mass is 433 g/mol. The summed E-state index contributed by atoms with van der Waals surface area (Å²) in [7, 11) is -3.60. The second kappa shape index (κ2) is 8.53. The van der Waals surface area contributed by atoms with E-state index < -0.39 is 10.0 Å². The zero-order valence-corrected chi connectivity index (χ0v) is 18.2. The van der Waals surface area contributed by atoms with Crippen LogP contribution in [0.3, 0.4) is 0 Å². The van der Waals surface area contributed by atoms with Gasteiger partial charge in [0.05, 0.1) is 15.9 Å². The van der Waals surface area contributed by atoms with Crippen LogP contribution < -0.4 is 10.0 Å². The van der Waals surface area contributed by atoms with Crippen LogP contribution in [0.4, 0.5) is 0 Å². The van der Waals surface area contributed by atoms with E-state index in [9.17, 15) is 13.2 Å². The minimum absolute atomic E-state index is 0.0912. The molecule has 8 heteroatoms. The highest BCUT2D eigenvalue weighted by Crippen LogP contribution is 2.34. The summed E-state index contributed by atoms with van der Waals surface area (Å²) in [5.74, 6) is 0.229. The lowest BCUT2D eigenvalue weighted by atomic mass is 10.0. The molecule has 1 saturated carbocycles. The third-order valence-corrected chi connectivity index (χ3v) is 8.28. The Bertz CT molecular complexity index is 994. The number of hydrogen-bond acceptors (Lipinski definition) is 5. The first-order valence-electron chi connectivity index (χ1n) is 10.3. The molecule has 0 unspecified atom stereocenters. The highest BCUT2D eigenvalue weighted by molar-refractivity contribution is 7.89. The summed E-state index contributed by atoms with van der Waals surface area (Å²) in [6, 6.07) is 5.19. The number of carbonyl (C=O) groups excluding carboxylic acids is 1. The van der Waals surface area contributed by atoms with Gasteiger partial charge in [0.15, 0.2) is 0 Å². The summed E-state index contributed by atoms with van der Waals surface area (Å²) < 4.78 is 28.2. The van der Waals surface area contributed by atoms with Crippen LogP contribution in [0, 0.1) is 12.8 Å². The van der Waals surface area contributed by atoms with E-state index in [1.165, 1.54) is 0 Å². The molecule has 0 bridgehead atoms. The molecule has 1 atom stereocenters. The lowest BCUT2D eigenvalue weighted by molar-refractivity contribution is -0.125. The highest BCUT2D eigenvalue weighted by Gasteiger charge is 2.29. The van der Waals surface area contributed by atoms with Crippen molar-refractivity contribution in [3.8, 4) is 0 Å². The molecule has 2 aliphatic carbocycles. The number of amides is 1. The number of hydrogen-bond donors (Lipinski definition) is 2. The van der Waals surface area contributed by atoms with Gasteiger partial charge in [-0.15, -0.1) is 11.3 Å². The van der Waals surface area contributed by atoms with Crippen molar-refractivity contribution in [2.45, 2.75) is 62.8 Å². The highest BCUT2D eigenvalue weighted by atomic mass is 32.2. The van der Waals surface area contributed by atoms with Gasteiger partial charge < -0.3 is 5.32 Å². The molecule has 1 amide bonds. The molecule has 2 N–H and O–H groups in total. The number of nitrogens with one attached hydrogen (secondary N) is 2. The molecule has 1 heterocycles. The van der Waals surface area contributed by atoms with Crippen LogP contribution in [0.25, 0.3) is 0 Å². The molecule has 4 rings (SSSR count). The minimum Gasteiger partial charge on any atom is -0.349 e. The molecule has 1 fully saturated rings. The van der Waals surface area contributed by atoms with E-state index >= 15 is 0 Å². The van der Waals surface area contributed by atoms with Crippen molar-refractivity contribution in [1.29, 1.82) is 0 Å². The fourth-order valence-electron chi connectivity index (χ4n) is 4.27. The molecule has 0 saturated heterocycles. The van der Waals surface area contributed by atoms with Crippen LogP contribution in [-0.2, 0) is 27.7 Å². The minimum atomic E-state index is -3.60. The molecule has 0 aliphatic heterocycles. The normalized spacial score (nSPS) is 19.4. The second-order valence-corrected chi connectivity index (χ2v) is 11.0. The topological polar surface area (TPSA) is 88.2 Å². The molecule has 2 aliphatic rings. The molecular weight excluding hydrogens is 406 g/mol. The van der Waals surface area contributed by atoms with Gasteiger partial charge in [-0.1, -0.05) is 18.9 Å². The number of benzene rings is 1. The van der Waals surface area contributed by atoms with Gasteiger partial charge in [0.25, 0.3) is 0 Å². The molecule has 0 radical (unpaired) electrons. The van der Waals surface area contributed by atoms with Crippen molar-refractivity contribution < 1.29 is 13.2 Å². The third-order valence-electron chi connectivity index (χ3n) is 5.85. The van der Waals surface area contributed by atoms with E-state index in [1.54, 1.807) is 29.7 Å². The Morgan fingerprint density at radius 1 is 1.24 bits per heavy atom. The first-order valence-corrected chi connectivity index (χ1v) is 12.6. The summed E-state index contributed by atoms with van der Waals surface area (Å²) in [5, 5.41) is 4.09. The number of rotatable bonds is 7. The maximum absolute atomic E-state index is 12.8. The van der Waals surface area contributed by atoms with E-state index in [0.29, 0.717) is 13.0 Å². The Morgan fingerprint density at radius 3 is 2.76 bits per heavy atom. The molecule has 1 aromatic heterocycles. The summed E-state index contributed by atoms with van der Waals surface area (Å²) in [5.41, 5.74) is 2.06. The molecule has 0 spiro atoms. The Hall–Kier alpha value is -1.77. The van der Waals surface area contributed by atoms with Gasteiger partial charge in [0.1, 0.15) is 0 Å². The fourth-order valence-corrected chi connectivity index (χ4v) is 6.12. The van der Waals surface area contributed by atoms with E-state index in [-0.39, 0.29) is 22.8 Å². The van der Waals surface area contributed by atoms with Gasteiger partial charge in [-0.2, -0.15) is 0 Å². The van der Waals surface area contributed by atoms with E-state index in [0.717, 1.165) is 59.5 Å². The standard InChI is InChI=1S/C21H27N3O3S2/c1-14-13-22-20(28-14)10-11-23-29(26,27)17-8-6-15-7-9-19(18(15)12-17)24-21(25)16-4-2-3-5-16/h6,8,12-13,16,19,23H,2-5,7,9-11H2,1H3,(H,24,25)/t19-/m0/s1. The van der Waals surface area contributed by atoms with Crippen LogP contribution in [0.1, 0.15) is 59.2 Å². The van der Waals surface area contributed by atoms with Crippen LogP contribution in [0.5, 0.6) is 0 Å². The van der Waals surface area contributed by atoms with Crippen molar-refractivity contribution in [3.63, 3.8) is 0 Å². The van der Waals surface area contributed by atoms with Gasteiger partial charge in [-0.25, -0.2) is 18.1 Å². The van der Waals surface area contributed by atoms with E-state index in [4.69, 9.17) is 0 Å². The predicted octanol–water partition coefficient (Wildman–Crippen LogP) is 3.27. The number of sulfonamides is 1. The van der Waals surface area contributed by atoms with Crippen molar-refractivity contribution in [3.05, 3.63) is 45.4 Å². The Balaban J connectivity index is 1.42. The van der Waals surface area contributed by atoms with Gasteiger partial charge >= 0.3 is 0 Å². The van der Waals surface area contributed by atoms with Crippen molar-refractivity contribution in [2.75, 3.05) is 6.54 Å². The average Bonchev–Trinajstić information content (AvgIpc) is 3.43. The third kappa shape index (κ3) is 4.70. The maximum Gasteiger partial charge on any atom is 0.240 e. The molecule has 2 aromatic rings. The summed E-state index contributed by atoms with van der Waals surface area (Å²) in [6.07, 6.45) is 8.22. The first-order chi connectivity index (χ1) is 13.9. The maximum atomic E-state index is 12.8. The van der Waals surface area contributed by atoms with Gasteiger partial charge in [0, 0.05) is 30.0 Å². The number of fused-ring (bicyclic) bond motifs is 1. The zero-order valence-electron chi connectivity index (χ0n) is 16.6. The summed E-state index contributed by atoms with van der Waals surface area (Å²) in [6.45, 7) is 2.30. The molecule has 1 aromatic carbocycles. The number of thiazole rings is 1.